The van der Waals surface area contributed by atoms with E-state index in [9.17, 15) is 5.26 Å². The molecule has 1 aromatic heterocycles. The molecule has 138 valence electrons. The number of ether oxygens (including phenoxy) is 2. The summed E-state index contributed by atoms with van der Waals surface area (Å²) in [5, 5.41) is 17.2. The Morgan fingerprint density at radius 1 is 1.33 bits per heavy atom. The number of fused-ring (bicyclic) bond motifs is 1. The van der Waals surface area contributed by atoms with Crippen molar-refractivity contribution in [2.24, 2.45) is 11.7 Å². The van der Waals surface area contributed by atoms with Gasteiger partial charge in [0.25, 0.3) is 0 Å². The van der Waals surface area contributed by atoms with Gasteiger partial charge in [-0.1, -0.05) is 12.2 Å². The molecule has 1 aliphatic carbocycles. The van der Waals surface area contributed by atoms with Gasteiger partial charge in [-0.2, -0.15) is 5.26 Å². The zero-order chi connectivity index (χ0) is 18.8. The molecule has 0 bridgehead atoms. The summed E-state index contributed by atoms with van der Waals surface area (Å²) < 4.78 is 11.2. The van der Waals surface area contributed by atoms with E-state index in [1.54, 1.807) is 0 Å². The molecule has 0 fully saturated rings. The Kier molecular flexibility index (Phi) is 4.59. The third-order valence-corrected chi connectivity index (χ3v) is 5.22. The highest BCUT2D eigenvalue weighted by atomic mass is 16.5. The molecule has 0 saturated carbocycles. The van der Waals surface area contributed by atoms with Crippen LogP contribution in [-0.2, 0) is 0 Å². The number of aromatic amines is 1. The fourth-order valence-corrected chi connectivity index (χ4v) is 3.98. The monoisotopic (exact) mass is 362 g/mol. The second kappa shape index (κ2) is 7.20. The van der Waals surface area contributed by atoms with Gasteiger partial charge in [0.15, 0.2) is 0 Å². The average Bonchev–Trinajstić information content (AvgIpc) is 3.11. The van der Waals surface area contributed by atoms with E-state index in [4.69, 9.17) is 15.2 Å². The highest BCUT2D eigenvalue weighted by Gasteiger charge is 2.39. The molecule has 2 aliphatic rings. The molecule has 27 heavy (non-hydrogen) atoms. The van der Waals surface area contributed by atoms with Crippen LogP contribution in [-0.4, -0.2) is 16.8 Å². The molecule has 2 aromatic rings. The van der Waals surface area contributed by atoms with Crippen molar-refractivity contribution < 1.29 is 9.47 Å². The molecule has 2 atom stereocenters. The Labute approximate surface area is 158 Å². The van der Waals surface area contributed by atoms with Gasteiger partial charge in [0, 0.05) is 11.5 Å². The summed E-state index contributed by atoms with van der Waals surface area (Å²) in [4.78, 5) is 0. The normalized spacial score (nSPS) is 21.3. The Morgan fingerprint density at radius 2 is 2.15 bits per heavy atom. The van der Waals surface area contributed by atoms with Gasteiger partial charge in [-0.25, -0.2) is 0 Å². The van der Waals surface area contributed by atoms with Crippen LogP contribution < -0.4 is 15.2 Å². The van der Waals surface area contributed by atoms with Crippen molar-refractivity contribution in [3.63, 3.8) is 0 Å². The fourth-order valence-electron chi connectivity index (χ4n) is 3.98. The largest absolute Gasteiger partial charge is 0.494 e. The molecule has 1 aliphatic heterocycles. The maximum Gasteiger partial charge on any atom is 0.244 e. The Bertz CT molecular complexity index is 934. The van der Waals surface area contributed by atoms with Crippen molar-refractivity contribution >= 4 is 0 Å². The molecular formula is C21H22N4O2. The average molecular weight is 362 g/mol. The number of rotatable bonds is 4. The molecule has 3 N–H and O–H groups in total. The van der Waals surface area contributed by atoms with E-state index >= 15 is 0 Å². The summed E-state index contributed by atoms with van der Waals surface area (Å²) in [6.45, 7) is 2.58. The maximum atomic E-state index is 9.75. The molecule has 0 radical (unpaired) electrons. The van der Waals surface area contributed by atoms with E-state index in [1.807, 2.05) is 31.2 Å². The summed E-state index contributed by atoms with van der Waals surface area (Å²) in [6.07, 6.45) is 7.30. The first-order chi connectivity index (χ1) is 13.2. The first-order valence-corrected chi connectivity index (χ1v) is 9.27. The van der Waals surface area contributed by atoms with E-state index < -0.39 is 0 Å². The van der Waals surface area contributed by atoms with Crippen LogP contribution in [0.4, 0.5) is 0 Å². The summed E-state index contributed by atoms with van der Waals surface area (Å²) in [7, 11) is 0. The van der Waals surface area contributed by atoms with Crippen LogP contribution in [0.15, 0.2) is 47.9 Å². The highest BCUT2D eigenvalue weighted by molar-refractivity contribution is 5.69. The van der Waals surface area contributed by atoms with Gasteiger partial charge in [0.05, 0.1) is 23.4 Å². The summed E-state index contributed by atoms with van der Waals surface area (Å²) >= 11 is 0. The molecule has 6 heteroatoms. The van der Waals surface area contributed by atoms with E-state index in [1.165, 1.54) is 0 Å². The number of nitrogens with two attached hydrogens (primary N) is 1. The first-order valence-electron chi connectivity index (χ1n) is 9.27. The lowest BCUT2D eigenvalue weighted by atomic mass is 9.74. The van der Waals surface area contributed by atoms with Crippen molar-refractivity contribution in [3.05, 3.63) is 53.4 Å². The predicted octanol–water partition coefficient (Wildman–Crippen LogP) is 4.00. The van der Waals surface area contributed by atoms with Gasteiger partial charge in [-0.15, -0.1) is 5.10 Å². The third kappa shape index (κ3) is 3.06. The lowest BCUT2D eigenvalue weighted by Crippen LogP contribution is -2.25. The van der Waals surface area contributed by atoms with Crippen molar-refractivity contribution in [1.29, 1.82) is 5.26 Å². The van der Waals surface area contributed by atoms with Crippen LogP contribution >= 0.6 is 0 Å². The standard InChI is InChI=1S/C21H22N4O2/c1-2-26-15-10-8-14(9-11-15)19-18-17(13-6-4-3-5-7-13)16(12-22)20(23)27-21(18)25-24-19/h3-4,8-11,13,17H,2,5-7,23H2,1H3,(H,24,25)/t13-,17+/m1/s1. The quantitative estimate of drug-likeness (QED) is 0.801. The third-order valence-electron chi connectivity index (χ3n) is 5.22. The number of hydrogen-bond donors (Lipinski definition) is 2. The van der Waals surface area contributed by atoms with Gasteiger partial charge in [0.2, 0.25) is 11.8 Å². The number of nitriles is 1. The molecule has 0 saturated heterocycles. The number of benzene rings is 1. The molecule has 0 unspecified atom stereocenters. The lowest BCUT2D eigenvalue weighted by molar-refractivity contribution is 0.340. The summed E-state index contributed by atoms with van der Waals surface area (Å²) in [6, 6.07) is 10.1. The summed E-state index contributed by atoms with van der Waals surface area (Å²) in [5.41, 5.74) is 9.31. The van der Waals surface area contributed by atoms with E-state index in [-0.39, 0.29) is 11.8 Å². The molecule has 0 amide bonds. The molecule has 4 rings (SSSR count). The number of H-pyrrole nitrogens is 1. The topological polar surface area (TPSA) is 97.0 Å². The van der Waals surface area contributed by atoms with E-state index in [2.05, 4.69) is 28.4 Å². The zero-order valence-corrected chi connectivity index (χ0v) is 15.2. The van der Waals surface area contributed by atoms with E-state index in [0.29, 0.717) is 24.0 Å². The molecule has 2 heterocycles. The van der Waals surface area contributed by atoms with Crippen LogP contribution in [0.3, 0.4) is 0 Å². The van der Waals surface area contributed by atoms with Crippen LogP contribution in [0.25, 0.3) is 11.3 Å². The van der Waals surface area contributed by atoms with Crippen molar-refractivity contribution in [3.8, 4) is 29.0 Å². The van der Waals surface area contributed by atoms with Gasteiger partial charge in [0.1, 0.15) is 11.8 Å². The minimum absolute atomic E-state index is 0.121. The van der Waals surface area contributed by atoms with Gasteiger partial charge in [-0.3, -0.25) is 5.10 Å². The fraction of sp³-hybridized carbons (Fsp3) is 0.333. The van der Waals surface area contributed by atoms with Gasteiger partial charge >= 0.3 is 0 Å². The van der Waals surface area contributed by atoms with Crippen LogP contribution in [0.1, 0.15) is 37.7 Å². The number of nitrogens with one attached hydrogen (secondary N) is 1. The first kappa shape index (κ1) is 17.2. The molecule has 6 nitrogen and oxygen atoms in total. The second-order valence-corrected chi connectivity index (χ2v) is 6.79. The number of nitrogens with zero attached hydrogens (tertiary/aromatic N) is 2. The summed E-state index contributed by atoms with van der Waals surface area (Å²) in [5.74, 6) is 1.62. The second-order valence-electron chi connectivity index (χ2n) is 6.79. The van der Waals surface area contributed by atoms with Crippen molar-refractivity contribution in [1.82, 2.24) is 10.2 Å². The van der Waals surface area contributed by atoms with Crippen LogP contribution in [0.2, 0.25) is 0 Å². The minimum Gasteiger partial charge on any atom is -0.494 e. The van der Waals surface area contributed by atoms with Crippen LogP contribution in [0, 0.1) is 17.2 Å². The number of aromatic nitrogens is 2. The molecule has 0 spiro atoms. The maximum absolute atomic E-state index is 9.75. The van der Waals surface area contributed by atoms with Crippen molar-refractivity contribution in [2.75, 3.05) is 6.61 Å². The Morgan fingerprint density at radius 3 is 2.81 bits per heavy atom. The van der Waals surface area contributed by atoms with Crippen molar-refractivity contribution in [2.45, 2.75) is 32.1 Å². The smallest absolute Gasteiger partial charge is 0.244 e. The Balaban J connectivity index is 1.79. The zero-order valence-electron chi connectivity index (χ0n) is 15.2. The molecular weight excluding hydrogens is 340 g/mol. The van der Waals surface area contributed by atoms with Gasteiger partial charge in [-0.05, 0) is 56.4 Å². The molecule has 1 aromatic carbocycles. The predicted molar refractivity (Wildman–Crippen MR) is 102 cm³/mol. The van der Waals surface area contributed by atoms with Crippen LogP contribution in [0.5, 0.6) is 11.6 Å². The Hall–Kier alpha value is -3.20. The van der Waals surface area contributed by atoms with E-state index in [0.717, 1.165) is 41.8 Å². The number of hydrogen-bond acceptors (Lipinski definition) is 5. The highest BCUT2D eigenvalue weighted by Crippen LogP contribution is 2.48. The number of allylic oxidation sites excluding steroid dienone is 3. The SMILES string of the molecule is CCOc1ccc(-c2[nH]nc3c2[C@@H]([C@@H]2CC=CCC2)C(C#N)=C(N)O3)cc1. The minimum atomic E-state index is -0.121. The lowest BCUT2D eigenvalue weighted by Gasteiger charge is -2.31. The van der Waals surface area contributed by atoms with Gasteiger partial charge < -0.3 is 15.2 Å².